The molecule has 0 radical (unpaired) electrons. The van der Waals surface area contributed by atoms with Crippen molar-refractivity contribution in [2.75, 3.05) is 0 Å². The van der Waals surface area contributed by atoms with E-state index in [9.17, 15) is 19.8 Å². The van der Waals surface area contributed by atoms with Gasteiger partial charge in [0, 0.05) is 0 Å². The van der Waals surface area contributed by atoms with Crippen LogP contribution in [0.3, 0.4) is 0 Å². The molecule has 0 fully saturated rings. The van der Waals surface area contributed by atoms with E-state index < -0.39 is 22.9 Å². The van der Waals surface area contributed by atoms with Crippen LogP contribution < -0.4 is 0 Å². The van der Waals surface area contributed by atoms with Gasteiger partial charge in [-0.15, -0.1) is 0 Å². The van der Waals surface area contributed by atoms with Gasteiger partial charge in [-0.1, -0.05) is 60.7 Å². The highest BCUT2D eigenvalue weighted by atomic mass is 16.3. The van der Waals surface area contributed by atoms with Crippen LogP contribution in [0.25, 0.3) is 5.57 Å². The van der Waals surface area contributed by atoms with E-state index in [1.54, 1.807) is 48.5 Å². The molecule has 0 unspecified atom stereocenters. The molecule has 0 saturated heterocycles. The Morgan fingerprint density at radius 3 is 1.86 bits per heavy atom. The molecule has 104 valence electrons. The summed E-state index contributed by atoms with van der Waals surface area (Å²) in [5.74, 6) is -2.49. The van der Waals surface area contributed by atoms with Crippen molar-refractivity contribution in [3.63, 3.8) is 0 Å². The van der Waals surface area contributed by atoms with Gasteiger partial charge in [0.15, 0.2) is 5.76 Å². The molecule has 2 aromatic rings. The van der Waals surface area contributed by atoms with E-state index in [1.165, 1.54) is 12.1 Å². The summed E-state index contributed by atoms with van der Waals surface area (Å²) in [6, 6.07) is 16.3. The van der Waals surface area contributed by atoms with Crippen molar-refractivity contribution < 1.29 is 19.8 Å². The lowest BCUT2D eigenvalue weighted by molar-refractivity contribution is -0.145. The van der Waals surface area contributed by atoms with E-state index in [0.717, 1.165) is 0 Å². The number of carbonyl (C=O) groups excluding carboxylic acids is 2. The first-order chi connectivity index (χ1) is 10.1. The minimum atomic E-state index is -2.35. The molecule has 0 spiro atoms. The molecule has 1 atom stereocenters. The third kappa shape index (κ3) is 1.80. The fourth-order valence-electron chi connectivity index (χ4n) is 2.49. The van der Waals surface area contributed by atoms with Crippen LogP contribution in [-0.4, -0.2) is 21.8 Å². The maximum Gasteiger partial charge on any atom is 0.242 e. The lowest BCUT2D eigenvalue weighted by Crippen LogP contribution is -2.39. The zero-order chi connectivity index (χ0) is 15.0. The monoisotopic (exact) mass is 280 g/mol. The highest BCUT2D eigenvalue weighted by molar-refractivity contribution is 6.42. The Morgan fingerprint density at radius 2 is 1.29 bits per heavy atom. The van der Waals surface area contributed by atoms with Gasteiger partial charge in [0.2, 0.25) is 17.2 Å². The van der Waals surface area contributed by atoms with E-state index in [-0.39, 0.29) is 11.1 Å². The van der Waals surface area contributed by atoms with Crippen molar-refractivity contribution in [1.29, 1.82) is 0 Å². The molecule has 3 rings (SSSR count). The summed E-state index contributed by atoms with van der Waals surface area (Å²) in [6.07, 6.45) is 0. The Balaban J connectivity index is 2.16. The molecule has 4 heteroatoms. The maximum atomic E-state index is 12.6. The van der Waals surface area contributed by atoms with Crippen LogP contribution in [0.1, 0.15) is 11.1 Å². The maximum absolute atomic E-state index is 12.6. The van der Waals surface area contributed by atoms with Gasteiger partial charge < -0.3 is 10.2 Å². The summed E-state index contributed by atoms with van der Waals surface area (Å²) in [5.41, 5.74) is -1.94. The average Bonchev–Trinajstić information content (AvgIpc) is 2.71. The minimum Gasteiger partial charge on any atom is -0.504 e. The fraction of sp³-hybridized carbons (Fsp3) is 0.0588. The molecular weight excluding hydrogens is 268 g/mol. The molecular formula is C17H12O4. The number of hydrogen-bond acceptors (Lipinski definition) is 4. The molecule has 1 aliphatic rings. The lowest BCUT2D eigenvalue weighted by atomic mass is 9.87. The van der Waals surface area contributed by atoms with Crippen LogP contribution in [0.15, 0.2) is 66.4 Å². The first-order valence-electron chi connectivity index (χ1n) is 6.43. The van der Waals surface area contributed by atoms with E-state index in [0.29, 0.717) is 5.56 Å². The van der Waals surface area contributed by atoms with Gasteiger partial charge >= 0.3 is 0 Å². The van der Waals surface area contributed by atoms with Gasteiger partial charge in [0.25, 0.3) is 0 Å². The third-order valence-corrected chi connectivity index (χ3v) is 3.59. The van der Waals surface area contributed by atoms with Crippen LogP contribution >= 0.6 is 0 Å². The molecule has 2 N–H and O–H groups in total. The Hall–Kier alpha value is -2.72. The zero-order valence-corrected chi connectivity index (χ0v) is 11.0. The van der Waals surface area contributed by atoms with E-state index in [1.807, 2.05) is 0 Å². The van der Waals surface area contributed by atoms with E-state index >= 15 is 0 Å². The van der Waals surface area contributed by atoms with E-state index in [2.05, 4.69) is 0 Å². The molecule has 0 aromatic heterocycles. The molecule has 21 heavy (non-hydrogen) atoms. The number of aliphatic hydroxyl groups is 2. The van der Waals surface area contributed by atoms with Gasteiger partial charge in [-0.05, 0) is 11.1 Å². The summed E-state index contributed by atoms with van der Waals surface area (Å²) < 4.78 is 0. The van der Waals surface area contributed by atoms with Crippen molar-refractivity contribution >= 4 is 17.1 Å². The number of carbonyl (C=O) groups is 2. The second kappa shape index (κ2) is 4.68. The van der Waals surface area contributed by atoms with Crippen LogP contribution in [0.2, 0.25) is 0 Å². The largest absolute Gasteiger partial charge is 0.504 e. The standard InChI is InChI=1S/C17H12O4/c18-14-13(11-7-3-1-4-8-11)15(19)17(21,16(14)20)12-9-5-2-6-10-12/h1-10,18,21H/t17-/m1/s1. The van der Waals surface area contributed by atoms with Gasteiger partial charge in [0.1, 0.15) is 0 Å². The normalized spacial score (nSPS) is 22.0. The van der Waals surface area contributed by atoms with Crippen LogP contribution in [0.5, 0.6) is 0 Å². The van der Waals surface area contributed by atoms with E-state index in [4.69, 9.17) is 0 Å². The Labute approximate surface area is 121 Å². The topological polar surface area (TPSA) is 74.6 Å². The van der Waals surface area contributed by atoms with Gasteiger partial charge in [-0.2, -0.15) is 0 Å². The minimum absolute atomic E-state index is 0.146. The SMILES string of the molecule is O=C1C(O)=C(c2ccccc2)C(=O)[C@]1(O)c1ccccc1. The molecule has 0 aliphatic heterocycles. The first-order valence-corrected chi connectivity index (χ1v) is 6.43. The highest BCUT2D eigenvalue weighted by Gasteiger charge is 2.55. The third-order valence-electron chi connectivity index (χ3n) is 3.59. The number of rotatable bonds is 2. The van der Waals surface area contributed by atoms with Crippen molar-refractivity contribution in [3.8, 4) is 0 Å². The smallest absolute Gasteiger partial charge is 0.242 e. The summed E-state index contributed by atoms with van der Waals surface area (Å²) >= 11 is 0. The average molecular weight is 280 g/mol. The van der Waals surface area contributed by atoms with Crippen molar-refractivity contribution in [2.24, 2.45) is 0 Å². The van der Waals surface area contributed by atoms with Crippen molar-refractivity contribution in [2.45, 2.75) is 5.60 Å². The molecule has 4 nitrogen and oxygen atoms in total. The summed E-state index contributed by atoms with van der Waals surface area (Å²) in [4.78, 5) is 24.8. The fourth-order valence-corrected chi connectivity index (χ4v) is 2.49. The second-order valence-electron chi connectivity index (χ2n) is 4.82. The van der Waals surface area contributed by atoms with Gasteiger partial charge in [-0.3, -0.25) is 9.59 Å². The molecule has 1 aliphatic carbocycles. The Kier molecular flexibility index (Phi) is 2.96. The van der Waals surface area contributed by atoms with Crippen molar-refractivity contribution in [3.05, 3.63) is 77.5 Å². The first kappa shape index (κ1) is 13.3. The van der Waals surface area contributed by atoms with Gasteiger partial charge in [0.05, 0.1) is 5.57 Å². The number of aliphatic hydroxyl groups excluding tert-OH is 1. The summed E-state index contributed by atoms with van der Waals surface area (Å²) in [7, 11) is 0. The second-order valence-corrected chi connectivity index (χ2v) is 4.82. The van der Waals surface area contributed by atoms with Crippen molar-refractivity contribution in [1.82, 2.24) is 0 Å². The molecule has 0 saturated carbocycles. The molecule has 0 heterocycles. The number of Topliss-reactive ketones (excluding diaryl/α,β-unsaturated/α-hetero) is 2. The quantitative estimate of drug-likeness (QED) is 0.825. The summed E-state index contributed by atoms with van der Waals surface area (Å²) in [5, 5.41) is 20.6. The highest BCUT2D eigenvalue weighted by Crippen LogP contribution is 2.39. The lowest BCUT2D eigenvalue weighted by Gasteiger charge is -2.19. The number of hydrogen-bond donors (Lipinski definition) is 2. The Morgan fingerprint density at radius 1 is 0.762 bits per heavy atom. The molecule has 0 bridgehead atoms. The Bertz CT molecular complexity index is 747. The summed E-state index contributed by atoms with van der Waals surface area (Å²) in [6.45, 7) is 0. The van der Waals surface area contributed by atoms with Crippen LogP contribution in [0.4, 0.5) is 0 Å². The predicted octanol–water partition coefficient (Wildman–Crippen LogP) is 2.00. The van der Waals surface area contributed by atoms with Crippen LogP contribution in [0, 0.1) is 0 Å². The van der Waals surface area contributed by atoms with Crippen LogP contribution in [-0.2, 0) is 15.2 Å². The number of ketones is 2. The predicted molar refractivity (Wildman–Crippen MR) is 76.3 cm³/mol. The van der Waals surface area contributed by atoms with Gasteiger partial charge in [-0.25, -0.2) is 0 Å². The number of benzene rings is 2. The molecule has 2 aromatic carbocycles. The zero-order valence-electron chi connectivity index (χ0n) is 11.0. The molecule has 0 amide bonds.